The molecule has 1 amide bonds. The van der Waals surface area contributed by atoms with E-state index in [0.717, 1.165) is 54.0 Å². The van der Waals surface area contributed by atoms with Crippen LogP contribution in [0.2, 0.25) is 0 Å². The number of aromatic nitrogens is 1. The third-order valence-corrected chi connectivity index (χ3v) is 5.31. The molecule has 0 aliphatic rings. The molecule has 0 fully saturated rings. The normalized spacial score (nSPS) is 11.8. The topological polar surface area (TPSA) is 46.4 Å². The van der Waals surface area contributed by atoms with Crippen LogP contribution in [-0.2, 0) is 12.6 Å². The van der Waals surface area contributed by atoms with Gasteiger partial charge in [0.2, 0.25) is 0 Å². The van der Waals surface area contributed by atoms with Gasteiger partial charge < -0.3 is 4.57 Å². The van der Waals surface area contributed by atoms with Crippen LogP contribution >= 0.6 is 0 Å². The molecule has 168 valence electrons. The summed E-state index contributed by atoms with van der Waals surface area (Å²) in [5.41, 5.74) is 6.42. The number of hydrogen-bond donors (Lipinski definition) is 1. The van der Waals surface area contributed by atoms with E-state index >= 15 is 0 Å². The number of benzene rings is 2. The zero-order valence-corrected chi connectivity index (χ0v) is 18.3. The van der Waals surface area contributed by atoms with Crippen molar-refractivity contribution in [3.63, 3.8) is 0 Å². The van der Waals surface area contributed by atoms with Crippen LogP contribution in [0, 0.1) is 13.8 Å². The standard InChI is InChI=1S/C25H26F3N3O/c1-4-5-7-19-10-12-23(13-11-19)31-17(2)14-21(18(31)3)16-29-30-24(32)20-8-6-9-22(15-20)25(26,27)28/h6,8-16H,4-5,7H2,1-3H3,(H,30,32)/b29-16-. The molecule has 0 spiro atoms. The monoisotopic (exact) mass is 441 g/mol. The zero-order valence-electron chi connectivity index (χ0n) is 18.3. The number of nitrogens with zero attached hydrogens (tertiary/aromatic N) is 2. The minimum Gasteiger partial charge on any atom is -0.318 e. The second-order valence-electron chi connectivity index (χ2n) is 7.71. The number of nitrogens with one attached hydrogen (secondary N) is 1. The van der Waals surface area contributed by atoms with E-state index in [0.29, 0.717) is 0 Å². The molecule has 3 rings (SSSR count). The molecule has 32 heavy (non-hydrogen) atoms. The van der Waals surface area contributed by atoms with E-state index in [2.05, 4.69) is 46.3 Å². The van der Waals surface area contributed by atoms with Gasteiger partial charge in [-0.25, -0.2) is 5.43 Å². The Bertz CT molecular complexity index is 1110. The molecule has 0 atom stereocenters. The molecular formula is C25H26F3N3O. The van der Waals surface area contributed by atoms with Gasteiger partial charge in [-0.3, -0.25) is 4.79 Å². The van der Waals surface area contributed by atoms with Crippen LogP contribution in [0.25, 0.3) is 5.69 Å². The summed E-state index contributed by atoms with van der Waals surface area (Å²) in [6, 6.07) is 14.6. The number of alkyl halides is 3. The first kappa shape index (κ1) is 23.3. The van der Waals surface area contributed by atoms with E-state index in [4.69, 9.17) is 0 Å². The molecule has 4 nitrogen and oxygen atoms in total. The van der Waals surface area contributed by atoms with E-state index in [1.54, 1.807) is 0 Å². The molecule has 7 heteroatoms. The van der Waals surface area contributed by atoms with Gasteiger partial charge in [0.05, 0.1) is 11.8 Å². The highest BCUT2D eigenvalue weighted by atomic mass is 19.4. The summed E-state index contributed by atoms with van der Waals surface area (Å²) in [7, 11) is 0. The van der Waals surface area contributed by atoms with Gasteiger partial charge in [-0.1, -0.05) is 31.5 Å². The van der Waals surface area contributed by atoms with Crippen LogP contribution in [0.4, 0.5) is 13.2 Å². The van der Waals surface area contributed by atoms with E-state index < -0.39 is 17.6 Å². The number of halogens is 3. The van der Waals surface area contributed by atoms with E-state index in [1.807, 2.05) is 19.9 Å². The van der Waals surface area contributed by atoms with E-state index in [1.165, 1.54) is 23.9 Å². The lowest BCUT2D eigenvalue weighted by molar-refractivity contribution is -0.137. The summed E-state index contributed by atoms with van der Waals surface area (Å²) >= 11 is 0. The van der Waals surface area contributed by atoms with Gasteiger partial charge >= 0.3 is 6.18 Å². The number of aryl methyl sites for hydroxylation is 2. The Balaban J connectivity index is 1.73. The number of carbonyl (C=O) groups is 1. The smallest absolute Gasteiger partial charge is 0.318 e. The number of amides is 1. The SMILES string of the molecule is CCCCc1ccc(-n2c(C)cc(/C=N\NC(=O)c3cccc(C(F)(F)F)c3)c2C)cc1. The van der Waals surface area contributed by atoms with Crippen LogP contribution < -0.4 is 5.43 Å². The van der Waals surface area contributed by atoms with Crippen molar-refractivity contribution in [3.05, 3.63) is 88.2 Å². The third kappa shape index (κ3) is 5.46. The lowest BCUT2D eigenvalue weighted by Crippen LogP contribution is -2.18. The molecule has 0 aliphatic carbocycles. The first-order valence-corrected chi connectivity index (χ1v) is 10.5. The fraction of sp³-hybridized carbons (Fsp3) is 0.280. The van der Waals surface area contributed by atoms with E-state index in [9.17, 15) is 18.0 Å². The maximum Gasteiger partial charge on any atom is 0.416 e. The molecule has 0 radical (unpaired) electrons. The number of unbranched alkanes of at least 4 members (excludes halogenated alkanes) is 1. The second-order valence-corrected chi connectivity index (χ2v) is 7.71. The molecule has 3 aromatic rings. The Kier molecular flexibility index (Phi) is 7.18. The van der Waals surface area contributed by atoms with Crippen LogP contribution in [0.5, 0.6) is 0 Å². The van der Waals surface area contributed by atoms with Crippen molar-refractivity contribution in [2.75, 3.05) is 0 Å². The van der Waals surface area contributed by atoms with Crippen LogP contribution in [0.15, 0.2) is 59.7 Å². The summed E-state index contributed by atoms with van der Waals surface area (Å²) < 4.78 is 40.6. The highest BCUT2D eigenvalue weighted by Gasteiger charge is 2.30. The predicted molar refractivity (Wildman–Crippen MR) is 120 cm³/mol. The Morgan fingerprint density at radius 3 is 2.47 bits per heavy atom. The minimum atomic E-state index is -4.51. The highest BCUT2D eigenvalue weighted by Crippen LogP contribution is 2.29. The lowest BCUT2D eigenvalue weighted by Gasteiger charge is -2.10. The third-order valence-electron chi connectivity index (χ3n) is 5.31. The Labute approximate surface area is 185 Å². The van der Waals surface area contributed by atoms with Crippen molar-refractivity contribution >= 4 is 12.1 Å². The average Bonchev–Trinajstić information content (AvgIpc) is 3.05. The van der Waals surface area contributed by atoms with Gasteiger partial charge in [0.1, 0.15) is 0 Å². The molecule has 0 bridgehead atoms. The first-order valence-electron chi connectivity index (χ1n) is 10.5. The number of rotatable bonds is 7. The van der Waals surface area contributed by atoms with Gasteiger partial charge in [0.25, 0.3) is 5.91 Å². The minimum absolute atomic E-state index is 0.106. The molecular weight excluding hydrogens is 415 g/mol. The molecule has 0 aliphatic heterocycles. The summed E-state index contributed by atoms with van der Waals surface area (Å²) in [6.07, 6.45) is 0.369. The van der Waals surface area contributed by atoms with Crippen molar-refractivity contribution in [1.82, 2.24) is 9.99 Å². The highest BCUT2D eigenvalue weighted by molar-refractivity contribution is 5.95. The van der Waals surface area contributed by atoms with Crippen molar-refractivity contribution in [3.8, 4) is 5.69 Å². The van der Waals surface area contributed by atoms with Crippen molar-refractivity contribution in [1.29, 1.82) is 0 Å². The summed E-state index contributed by atoms with van der Waals surface area (Å²) in [5, 5.41) is 3.95. The van der Waals surface area contributed by atoms with Gasteiger partial charge in [-0.2, -0.15) is 18.3 Å². The van der Waals surface area contributed by atoms with Gasteiger partial charge in [-0.15, -0.1) is 0 Å². The average molecular weight is 441 g/mol. The maximum atomic E-state index is 12.8. The largest absolute Gasteiger partial charge is 0.416 e. The quantitative estimate of drug-likeness (QED) is 0.343. The van der Waals surface area contributed by atoms with Crippen molar-refractivity contribution < 1.29 is 18.0 Å². The second kappa shape index (κ2) is 9.85. The van der Waals surface area contributed by atoms with Crippen LogP contribution in [0.1, 0.15) is 58.2 Å². The molecule has 0 saturated carbocycles. The Morgan fingerprint density at radius 1 is 1.09 bits per heavy atom. The van der Waals surface area contributed by atoms with Crippen LogP contribution in [0.3, 0.4) is 0 Å². The summed E-state index contributed by atoms with van der Waals surface area (Å²) in [4.78, 5) is 12.2. The van der Waals surface area contributed by atoms with Gasteiger partial charge in [0.15, 0.2) is 0 Å². The molecule has 1 aromatic heterocycles. The van der Waals surface area contributed by atoms with Crippen molar-refractivity contribution in [2.45, 2.75) is 46.2 Å². The fourth-order valence-corrected chi connectivity index (χ4v) is 3.57. The van der Waals surface area contributed by atoms with Crippen molar-refractivity contribution in [2.24, 2.45) is 5.10 Å². The molecule has 0 unspecified atom stereocenters. The molecule has 1 heterocycles. The zero-order chi connectivity index (χ0) is 23.3. The Hall–Kier alpha value is -3.35. The fourth-order valence-electron chi connectivity index (χ4n) is 3.57. The predicted octanol–water partition coefficient (Wildman–Crippen LogP) is 6.22. The number of hydrazone groups is 1. The van der Waals surface area contributed by atoms with Gasteiger partial charge in [-0.05, 0) is 68.7 Å². The molecule has 0 saturated heterocycles. The number of carbonyl (C=O) groups excluding carboxylic acids is 1. The lowest BCUT2D eigenvalue weighted by atomic mass is 10.1. The van der Waals surface area contributed by atoms with E-state index in [-0.39, 0.29) is 5.56 Å². The Morgan fingerprint density at radius 2 is 1.81 bits per heavy atom. The maximum absolute atomic E-state index is 12.8. The van der Waals surface area contributed by atoms with Gasteiger partial charge in [0, 0.05) is 28.2 Å². The number of hydrogen-bond acceptors (Lipinski definition) is 2. The van der Waals surface area contributed by atoms with Crippen LogP contribution in [-0.4, -0.2) is 16.7 Å². The summed E-state index contributed by atoms with van der Waals surface area (Å²) in [6.45, 7) is 6.11. The summed E-state index contributed by atoms with van der Waals surface area (Å²) in [5.74, 6) is -0.705. The molecule has 1 N–H and O–H groups in total. The molecule has 2 aromatic carbocycles. The first-order chi connectivity index (χ1) is 15.2.